The van der Waals surface area contributed by atoms with Gasteiger partial charge in [0, 0.05) is 28.4 Å². The zero-order valence-electron chi connectivity index (χ0n) is 15.0. The lowest BCUT2D eigenvalue weighted by molar-refractivity contribution is -0.116. The lowest BCUT2D eigenvalue weighted by Gasteiger charge is -2.09. The van der Waals surface area contributed by atoms with E-state index in [-0.39, 0.29) is 17.9 Å². The standard InChI is InChI=1S/C20H20ClN3O2S/c1-11-6-7-12(10-14(11)21)22-17(25)9-8-16-23-19(26)18-13-4-2-3-5-15(13)27-20(18)24-16/h6-7,10H,2-5,8-9H2,1H3,(H,22,25)(H,23,24,26). The lowest BCUT2D eigenvalue weighted by atomic mass is 9.97. The van der Waals surface area contributed by atoms with Crippen molar-refractivity contribution >= 4 is 44.7 Å². The number of carbonyl (C=O) groups is 1. The number of fused-ring (bicyclic) bond motifs is 3. The third kappa shape index (κ3) is 3.77. The maximum Gasteiger partial charge on any atom is 0.259 e. The average molecular weight is 402 g/mol. The van der Waals surface area contributed by atoms with E-state index in [4.69, 9.17) is 11.6 Å². The van der Waals surface area contributed by atoms with E-state index in [0.29, 0.717) is 23.0 Å². The van der Waals surface area contributed by atoms with Gasteiger partial charge in [0.15, 0.2) is 0 Å². The van der Waals surface area contributed by atoms with Crippen LogP contribution >= 0.6 is 22.9 Å². The predicted molar refractivity (Wildman–Crippen MR) is 110 cm³/mol. The molecule has 0 saturated carbocycles. The minimum Gasteiger partial charge on any atom is -0.326 e. The van der Waals surface area contributed by atoms with Gasteiger partial charge in [0.1, 0.15) is 10.7 Å². The summed E-state index contributed by atoms with van der Waals surface area (Å²) >= 11 is 7.71. The molecule has 0 atom stereocenters. The molecule has 0 saturated heterocycles. The van der Waals surface area contributed by atoms with Crippen molar-refractivity contribution in [2.75, 3.05) is 5.32 Å². The molecule has 0 unspecified atom stereocenters. The number of H-pyrrole nitrogens is 1. The van der Waals surface area contributed by atoms with Gasteiger partial charge in [0.25, 0.3) is 5.56 Å². The highest BCUT2D eigenvalue weighted by atomic mass is 35.5. The smallest absolute Gasteiger partial charge is 0.259 e. The van der Waals surface area contributed by atoms with E-state index in [1.807, 2.05) is 19.1 Å². The first-order valence-corrected chi connectivity index (χ1v) is 10.3. The van der Waals surface area contributed by atoms with Gasteiger partial charge in [-0.3, -0.25) is 9.59 Å². The second-order valence-electron chi connectivity index (χ2n) is 6.92. The maximum absolute atomic E-state index is 12.5. The van der Waals surface area contributed by atoms with E-state index in [9.17, 15) is 9.59 Å². The second kappa shape index (κ2) is 7.44. The third-order valence-electron chi connectivity index (χ3n) is 4.92. The van der Waals surface area contributed by atoms with Gasteiger partial charge in [-0.1, -0.05) is 17.7 Å². The number of nitrogens with zero attached hydrogens (tertiary/aromatic N) is 1. The van der Waals surface area contributed by atoms with E-state index in [0.717, 1.165) is 35.0 Å². The van der Waals surface area contributed by atoms with Crippen LogP contribution in [0.25, 0.3) is 10.2 Å². The molecule has 1 aromatic carbocycles. The Labute approximate surface area is 165 Å². The van der Waals surface area contributed by atoms with Crippen LogP contribution in [0.4, 0.5) is 5.69 Å². The SMILES string of the molecule is Cc1ccc(NC(=O)CCc2nc3sc4c(c3c(=O)[nH]2)CCCC4)cc1Cl. The van der Waals surface area contributed by atoms with Crippen molar-refractivity contribution in [3.63, 3.8) is 0 Å². The number of aromatic amines is 1. The summed E-state index contributed by atoms with van der Waals surface area (Å²) in [6, 6.07) is 5.42. The van der Waals surface area contributed by atoms with Crippen LogP contribution in [0.15, 0.2) is 23.0 Å². The van der Waals surface area contributed by atoms with Crippen LogP contribution in [0.3, 0.4) is 0 Å². The summed E-state index contributed by atoms with van der Waals surface area (Å²) in [6.45, 7) is 1.91. The van der Waals surface area contributed by atoms with Crippen LogP contribution in [-0.2, 0) is 24.1 Å². The Morgan fingerprint density at radius 2 is 2.15 bits per heavy atom. The molecular formula is C20H20ClN3O2S. The number of anilines is 1. The first kappa shape index (κ1) is 18.2. The summed E-state index contributed by atoms with van der Waals surface area (Å²) in [5.74, 6) is 0.423. The fourth-order valence-electron chi connectivity index (χ4n) is 3.45. The van der Waals surface area contributed by atoms with Crippen LogP contribution in [0.5, 0.6) is 0 Å². The van der Waals surface area contributed by atoms with Gasteiger partial charge in [0.2, 0.25) is 5.91 Å². The van der Waals surface area contributed by atoms with E-state index in [1.54, 1.807) is 17.4 Å². The average Bonchev–Trinajstić information content (AvgIpc) is 3.02. The molecule has 2 N–H and O–H groups in total. The van der Waals surface area contributed by atoms with Crippen molar-refractivity contribution in [3.05, 3.63) is 55.4 Å². The number of rotatable bonds is 4. The monoisotopic (exact) mass is 401 g/mol. The summed E-state index contributed by atoms with van der Waals surface area (Å²) < 4.78 is 0. The Morgan fingerprint density at radius 3 is 2.96 bits per heavy atom. The Balaban J connectivity index is 1.48. The minimum absolute atomic E-state index is 0.0832. The summed E-state index contributed by atoms with van der Waals surface area (Å²) in [4.78, 5) is 34.3. The van der Waals surface area contributed by atoms with Gasteiger partial charge in [-0.25, -0.2) is 4.98 Å². The van der Waals surface area contributed by atoms with E-state index >= 15 is 0 Å². The highest BCUT2D eigenvalue weighted by Gasteiger charge is 2.19. The Hall–Kier alpha value is -2.18. The number of aryl methyl sites for hydroxylation is 4. The van der Waals surface area contributed by atoms with Gasteiger partial charge in [0.05, 0.1) is 5.39 Å². The molecule has 4 rings (SSSR count). The molecule has 0 fully saturated rings. The summed E-state index contributed by atoms with van der Waals surface area (Å²) in [5, 5.41) is 4.20. The normalized spacial score (nSPS) is 13.6. The molecule has 1 aliphatic carbocycles. The molecule has 7 heteroatoms. The van der Waals surface area contributed by atoms with Crippen LogP contribution in [0.1, 0.15) is 41.1 Å². The largest absolute Gasteiger partial charge is 0.326 e. The van der Waals surface area contributed by atoms with Gasteiger partial charge < -0.3 is 10.3 Å². The molecule has 2 aromatic heterocycles. The quantitative estimate of drug-likeness (QED) is 0.680. The Morgan fingerprint density at radius 1 is 1.33 bits per heavy atom. The summed E-state index contributed by atoms with van der Waals surface area (Å²) in [7, 11) is 0. The van der Waals surface area contributed by atoms with Gasteiger partial charge in [-0.2, -0.15) is 0 Å². The Kier molecular flexibility index (Phi) is 5.02. The molecule has 3 aromatic rings. The topological polar surface area (TPSA) is 74.8 Å². The van der Waals surface area contributed by atoms with Crippen molar-refractivity contribution in [2.45, 2.75) is 45.4 Å². The first-order chi connectivity index (χ1) is 13.0. The van der Waals surface area contributed by atoms with Crippen molar-refractivity contribution in [2.24, 2.45) is 0 Å². The molecule has 5 nitrogen and oxygen atoms in total. The molecule has 0 aliphatic heterocycles. The number of amides is 1. The predicted octanol–water partition coefficient (Wildman–Crippen LogP) is 4.40. The fourth-order valence-corrected chi connectivity index (χ4v) is 4.91. The maximum atomic E-state index is 12.5. The Bertz CT molecular complexity index is 1090. The molecule has 140 valence electrons. The lowest BCUT2D eigenvalue weighted by Crippen LogP contribution is -2.16. The molecule has 27 heavy (non-hydrogen) atoms. The van der Waals surface area contributed by atoms with Crippen LogP contribution < -0.4 is 10.9 Å². The van der Waals surface area contributed by atoms with Crippen molar-refractivity contribution < 1.29 is 4.79 Å². The second-order valence-corrected chi connectivity index (χ2v) is 8.41. The molecule has 2 heterocycles. The number of nitrogens with one attached hydrogen (secondary N) is 2. The number of aromatic nitrogens is 2. The van der Waals surface area contributed by atoms with Gasteiger partial charge >= 0.3 is 0 Å². The van der Waals surface area contributed by atoms with Gasteiger partial charge in [-0.05, 0) is 55.9 Å². The zero-order chi connectivity index (χ0) is 19.0. The van der Waals surface area contributed by atoms with Crippen LogP contribution in [-0.4, -0.2) is 15.9 Å². The number of hydrogen-bond donors (Lipinski definition) is 2. The minimum atomic E-state index is -0.136. The first-order valence-electron chi connectivity index (χ1n) is 9.10. The zero-order valence-corrected chi connectivity index (χ0v) is 16.6. The van der Waals surface area contributed by atoms with Crippen LogP contribution in [0.2, 0.25) is 5.02 Å². The number of thiophene rings is 1. The molecule has 1 aliphatic rings. The van der Waals surface area contributed by atoms with Crippen molar-refractivity contribution in [3.8, 4) is 0 Å². The summed E-state index contributed by atoms with van der Waals surface area (Å²) in [6.07, 6.45) is 4.93. The fraction of sp³-hybridized carbons (Fsp3) is 0.350. The molecular weight excluding hydrogens is 382 g/mol. The highest BCUT2D eigenvalue weighted by Crippen LogP contribution is 2.33. The highest BCUT2D eigenvalue weighted by molar-refractivity contribution is 7.18. The molecule has 0 bridgehead atoms. The molecule has 1 amide bonds. The molecule has 0 spiro atoms. The van der Waals surface area contributed by atoms with E-state index in [1.165, 1.54) is 16.9 Å². The number of benzene rings is 1. The number of halogens is 1. The van der Waals surface area contributed by atoms with Crippen LogP contribution in [0, 0.1) is 6.92 Å². The third-order valence-corrected chi connectivity index (χ3v) is 6.51. The van der Waals surface area contributed by atoms with Crippen molar-refractivity contribution in [1.29, 1.82) is 0 Å². The van der Waals surface area contributed by atoms with E-state index in [2.05, 4.69) is 15.3 Å². The number of carbonyl (C=O) groups excluding carboxylic acids is 1. The summed E-state index contributed by atoms with van der Waals surface area (Å²) in [5.41, 5.74) is 2.72. The molecule has 0 radical (unpaired) electrons. The van der Waals surface area contributed by atoms with Gasteiger partial charge in [-0.15, -0.1) is 11.3 Å². The van der Waals surface area contributed by atoms with Crippen molar-refractivity contribution in [1.82, 2.24) is 9.97 Å². The number of hydrogen-bond acceptors (Lipinski definition) is 4. The van der Waals surface area contributed by atoms with E-state index < -0.39 is 0 Å².